The molecule has 0 saturated carbocycles. The number of rotatable bonds is 1. The molecule has 0 amide bonds. The third kappa shape index (κ3) is 3.27. The van der Waals surface area contributed by atoms with Crippen LogP contribution in [0, 0.1) is 11.3 Å². The van der Waals surface area contributed by atoms with Gasteiger partial charge in [0.25, 0.3) is 0 Å². The number of nitriles is 1. The van der Waals surface area contributed by atoms with E-state index in [-0.39, 0.29) is 5.54 Å². The van der Waals surface area contributed by atoms with Gasteiger partial charge < -0.3 is 5.32 Å². The van der Waals surface area contributed by atoms with Crippen molar-refractivity contribution < 1.29 is 0 Å². The normalized spacial score (nSPS) is 17.8. The highest BCUT2D eigenvalue weighted by molar-refractivity contribution is 9.10. The Hall–Kier alpha value is -0.990. The Morgan fingerprint density at radius 1 is 1.50 bits per heavy atom. The monoisotopic (exact) mass is 323 g/mol. The van der Waals surface area contributed by atoms with Gasteiger partial charge in [0.1, 0.15) is 0 Å². The Kier molecular flexibility index (Phi) is 3.98. The third-order valence-corrected chi connectivity index (χ3v) is 4.23. The molecule has 0 spiro atoms. The van der Waals surface area contributed by atoms with E-state index in [0.717, 1.165) is 27.5 Å². The number of amidine groups is 1. The molecule has 0 aromatic heterocycles. The Balaban J connectivity index is 2.20. The van der Waals surface area contributed by atoms with Gasteiger partial charge in [0.05, 0.1) is 22.9 Å². The third-order valence-electron chi connectivity index (χ3n) is 2.70. The number of hydrogen-bond donors (Lipinski definition) is 1. The van der Waals surface area contributed by atoms with Crippen molar-refractivity contribution >= 4 is 38.5 Å². The minimum atomic E-state index is 0.00660. The molecule has 0 bridgehead atoms. The van der Waals surface area contributed by atoms with Gasteiger partial charge in [0.15, 0.2) is 5.17 Å². The number of benzene rings is 1. The van der Waals surface area contributed by atoms with Crippen LogP contribution in [0.1, 0.15) is 25.8 Å². The summed E-state index contributed by atoms with van der Waals surface area (Å²) >= 11 is 5.20. The van der Waals surface area contributed by atoms with Crippen molar-refractivity contribution in [3.63, 3.8) is 0 Å². The summed E-state index contributed by atoms with van der Waals surface area (Å²) in [4.78, 5) is 4.68. The van der Waals surface area contributed by atoms with Crippen molar-refractivity contribution in [2.75, 3.05) is 11.1 Å². The molecule has 1 aromatic carbocycles. The summed E-state index contributed by atoms with van der Waals surface area (Å²) in [6.07, 6.45) is 1.09. The molecule has 94 valence electrons. The zero-order valence-corrected chi connectivity index (χ0v) is 12.7. The number of nitrogens with one attached hydrogen (secondary N) is 1. The van der Waals surface area contributed by atoms with Crippen molar-refractivity contribution in [3.05, 3.63) is 28.2 Å². The molecule has 5 heteroatoms. The van der Waals surface area contributed by atoms with E-state index < -0.39 is 0 Å². The van der Waals surface area contributed by atoms with Crippen LogP contribution in [0.25, 0.3) is 0 Å². The Morgan fingerprint density at radius 2 is 2.28 bits per heavy atom. The molecule has 3 nitrogen and oxygen atoms in total. The maximum atomic E-state index is 8.82. The van der Waals surface area contributed by atoms with Gasteiger partial charge >= 0.3 is 0 Å². The van der Waals surface area contributed by atoms with E-state index in [9.17, 15) is 0 Å². The van der Waals surface area contributed by atoms with E-state index in [0.29, 0.717) is 5.56 Å². The molecule has 0 saturated heterocycles. The maximum absolute atomic E-state index is 8.82. The van der Waals surface area contributed by atoms with E-state index in [1.807, 2.05) is 12.1 Å². The minimum Gasteiger partial charge on any atom is -0.334 e. The molecular weight excluding hydrogens is 310 g/mol. The zero-order chi connectivity index (χ0) is 13.2. The fourth-order valence-corrected chi connectivity index (χ4v) is 3.39. The van der Waals surface area contributed by atoms with Gasteiger partial charge in [-0.2, -0.15) is 5.26 Å². The van der Waals surface area contributed by atoms with Crippen LogP contribution in [0.2, 0.25) is 0 Å². The highest BCUT2D eigenvalue weighted by Crippen LogP contribution is 2.29. The van der Waals surface area contributed by atoms with Gasteiger partial charge in [-0.3, -0.25) is 4.99 Å². The van der Waals surface area contributed by atoms with E-state index in [2.05, 4.69) is 46.2 Å². The van der Waals surface area contributed by atoms with Crippen LogP contribution in [0.5, 0.6) is 0 Å². The van der Waals surface area contributed by atoms with E-state index in [1.54, 1.807) is 17.8 Å². The first kappa shape index (κ1) is 13.4. The lowest BCUT2D eigenvalue weighted by molar-refractivity contribution is 0.507. The minimum absolute atomic E-state index is 0.00660. The predicted octanol–water partition coefficient (Wildman–Crippen LogP) is 4.00. The summed E-state index contributed by atoms with van der Waals surface area (Å²) in [5.41, 5.74) is 1.59. The molecule has 1 N–H and O–H groups in total. The lowest BCUT2D eigenvalue weighted by Crippen LogP contribution is -2.27. The first-order chi connectivity index (χ1) is 8.50. The number of nitrogens with zero attached hydrogens (tertiary/aromatic N) is 2. The molecule has 1 aromatic rings. The summed E-state index contributed by atoms with van der Waals surface area (Å²) in [6.45, 7) is 4.28. The van der Waals surface area contributed by atoms with Crippen molar-refractivity contribution in [1.29, 1.82) is 5.26 Å². The Labute approximate surface area is 120 Å². The average Bonchev–Trinajstić information content (AvgIpc) is 2.30. The number of anilines is 1. The van der Waals surface area contributed by atoms with Crippen LogP contribution in [-0.4, -0.2) is 16.5 Å². The Bertz CT molecular complexity index is 532. The first-order valence-electron chi connectivity index (χ1n) is 5.69. The fraction of sp³-hybridized carbons (Fsp3) is 0.385. The molecule has 0 radical (unpaired) electrons. The largest absolute Gasteiger partial charge is 0.334 e. The predicted molar refractivity (Wildman–Crippen MR) is 81.1 cm³/mol. The first-order valence-corrected chi connectivity index (χ1v) is 7.47. The van der Waals surface area contributed by atoms with Crippen LogP contribution < -0.4 is 5.32 Å². The highest BCUT2D eigenvalue weighted by Gasteiger charge is 2.22. The van der Waals surface area contributed by atoms with E-state index >= 15 is 0 Å². The van der Waals surface area contributed by atoms with Crippen LogP contribution in [0.4, 0.5) is 5.69 Å². The maximum Gasteiger partial charge on any atom is 0.161 e. The average molecular weight is 324 g/mol. The smallest absolute Gasteiger partial charge is 0.161 e. The molecule has 0 aliphatic carbocycles. The van der Waals surface area contributed by atoms with Crippen LogP contribution >= 0.6 is 27.7 Å². The van der Waals surface area contributed by atoms with E-state index in [4.69, 9.17) is 5.26 Å². The van der Waals surface area contributed by atoms with Crippen LogP contribution in [-0.2, 0) is 0 Å². The second-order valence-electron chi connectivity index (χ2n) is 4.76. The summed E-state index contributed by atoms with van der Waals surface area (Å²) in [6, 6.07) is 7.62. The molecular formula is C13H14BrN3S. The SMILES string of the molecule is CC1(C)CCSC(Nc2ccc(C#N)cc2Br)=N1. The number of thioether (sulfide) groups is 1. The second kappa shape index (κ2) is 5.33. The molecule has 1 heterocycles. The van der Waals surface area contributed by atoms with Crippen molar-refractivity contribution in [2.45, 2.75) is 25.8 Å². The molecule has 0 fully saturated rings. The van der Waals surface area contributed by atoms with Crippen molar-refractivity contribution in [3.8, 4) is 6.07 Å². The lowest BCUT2D eigenvalue weighted by Gasteiger charge is -2.26. The van der Waals surface area contributed by atoms with Crippen LogP contribution in [0.3, 0.4) is 0 Å². The molecule has 0 unspecified atom stereocenters. The topological polar surface area (TPSA) is 48.2 Å². The van der Waals surface area contributed by atoms with Gasteiger partial charge in [-0.15, -0.1) is 0 Å². The molecule has 1 aliphatic heterocycles. The standard InChI is InChI=1S/C13H14BrN3S/c1-13(2)5-6-18-12(17-13)16-11-4-3-9(8-15)7-10(11)14/h3-4,7H,5-6H2,1-2H3,(H,16,17). The molecule has 18 heavy (non-hydrogen) atoms. The molecule has 2 rings (SSSR count). The summed E-state index contributed by atoms with van der Waals surface area (Å²) < 4.78 is 0.883. The van der Waals surface area contributed by atoms with Gasteiger partial charge in [-0.25, -0.2) is 0 Å². The number of halogens is 1. The van der Waals surface area contributed by atoms with Crippen LogP contribution in [0.15, 0.2) is 27.7 Å². The van der Waals surface area contributed by atoms with Gasteiger partial charge in [-0.1, -0.05) is 11.8 Å². The molecule has 0 atom stereocenters. The molecule has 1 aliphatic rings. The zero-order valence-electron chi connectivity index (χ0n) is 10.3. The van der Waals surface area contributed by atoms with Gasteiger partial charge in [-0.05, 0) is 54.4 Å². The summed E-state index contributed by atoms with van der Waals surface area (Å²) in [7, 11) is 0. The van der Waals surface area contributed by atoms with Crippen molar-refractivity contribution in [1.82, 2.24) is 0 Å². The van der Waals surface area contributed by atoms with E-state index in [1.165, 1.54) is 0 Å². The second-order valence-corrected chi connectivity index (χ2v) is 6.70. The number of hydrogen-bond acceptors (Lipinski definition) is 4. The fourth-order valence-electron chi connectivity index (χ4n) is 1.63. The highest BCUT2D eigenvalue weighted by atomic mass is 79.9. The lowest BCUT2D eigenvalue weighted by atomic mass is 10.0. The van der Waals surface area contributed by atoms with Gasteiger partial charge in [0.2, 0.25) is 0 Å². The quantitative estimate of drug-likeness (QED) is 0.849. The Morgan fingerprint density at radius 3 is 2.89 bits per heavy atom. The van der Waals surface area contributed by atoms with Gasteiger partial charge in [0, 0.05) is 10.2 Å². The number of aliphatic imine (C=N–C) groups is 1. The summed E-state index contributed by atoms with van der Waals surface area (Å²) in [5.74, 6) is 1.08. The summed E-state index contributed by atoms with van der Waals surface area (Å²) in [5, 5.41) is 13.1. The van der Waals surface area contributed by atoms with Crippen molar-refractivity contribution in [2.24, 2.45) is 4.99 Å².